The summed E-state index contributed by atoms with van der Waals surface area (Å²) in [6, 6.07) is 63.8. The Morgan fingerprint density at radius 3 is 1.60 bits per heavy atom. The number of para-hydroxylation sites is 4. The molecule has 58 heavy (non-hydrogen) atoms. The van der Waals surface area contributed by atoms with E-state index >= 15 is 0 Å². The lowest BCUT2D eigenvalue weighted by molar-refractivity contribution is 0.624. The molecule has 0 N–H and O–H groups in total. The molecule has 0 atom stereocenters. The van der Waals surface area contributed by atoms with Crippen LogP contribution in [-0.4, -0.2) is 25.6 Å². The van der Waals surface area contributed by atoms with Crippen LogP contribution in [0.15, 0.2) is 180 Å². The molecule has 11 rings (SSSR count). The number of nitrogens with zero attached hydrogens (tertiary/aromatic N) is 5. The van der Waals surface area contributed by atoms with Gasteiger partial charge in [0.15, 0.2) is 0 Å². The van der Waals surface area contributed by atoms with Crippen LogP contribution < -0.4 is 30.2 Å². The quantitative estimate of drug-likeness (QED) is 0.158. The van der Waals surface area contributed by atoms with E-state index in [1.54, 1.807) is 0 Å². The Bertz CT molecular complexity index is 2960. The van der Waals surface area contributed by atoms with Crippen molar-refractivity contribution in [2.75, 3.05) is 26.3 Å². The van der Waals surface area contributed by atoms with Crippen LogP contribution in [-0.2, 0) is 7.05 Å². The highest BCUT2D eigenvalue weighted by Gasteiger charge is 2.47. The van der Waals surface area contributed by atoms with Gasteiger partial charge in [-0.15, -0.1) is 0 Å². The van der Waals surface area contributed by atoms with Gasteiger partial charge >= 0.3 is 14.0 Å². The largest absolute Gasteiger partial charge is 0.439 e. The van der Waals surface area contributed by atoms with Gasteiger partial charge in [0.1, 0.15) is 17.1 Å². The summed E-state index contributed by atoms with van der Waals surface area (Å²) in [4.78, 5) is 9.74. The lowest BCUT2D eigenvalue weighted by Gasteiger charge is -2.31. The monoisotopic (exact) mass is 749 g/mol. The number of hydrogen-bond acceptors (Lipinski definition) is 5. The van der Waals surface area contributed by atoms with Crippen molar-refractivity contribution in [2.24, 2.45) is 7.05 Å². The maximum Gasteiger partial charge on any atom is 0.421 e. The molecule has 7 aromatic carbocycles. The minimum atomic E-state index is -0.0991. The van der Waals surface area contributed by atoms with Gasteiger partial charge in [0.25, 0.3) is 0 Å². The minimum Gasteiger partial charge on any atom is -0.439 e. The second kappa shape index (κ2) is 13.3. The van der Waals surface area contributed by atoms with Crippen molar-refractivity contribution in [3.63, 3.8) is 0 Å². The zero-order chi connectivity index (χ0) is 39.1. The second-order valence-electron chi connectivity index (χ2n) is 15.7. The Morgan fingerprint density at radius 2 is 0.966 bits per heavy atom. The van der Waals surface area contributed by atoms with Crippen LogP contribution in [0, 0.1) is 13.8 Å². The van der Waals surface area contributed by atoms with Crippen LogP contribution in [0.3, 0.4) is 0 Å². The predicted molar refractivity (Wildman–Crippen MR) is 245 cm³/mol. The normalized spacial score (nSPS) is 13.7. The van der Waals surface area contributed by atoms with Crippen molar-refractivity contribution < 1.29 is 4.42 Å². The minimum absolute atomic E-state index is 0.0657. The van der Waals surface area contributed by atoms with E-state index in [0.29, 0.717) is 0 Å². The van der Waals surface area contributed by atoms with Gasteiger partial charge in [-0.1, -0.05) is 121 Å². The van der Waals surface area contributed by atoms with Crippen LogP contribution in [0.4, 0.5) is 40.1 Å². The highest BCUT2D eigenvalue weighted by Crippen LogP contribution is 2.52. The third-order valence-electron chi connectivity index (χ3n) is 12.0. The Hall–Kier alpha value is -7.05. The van der Waals surface area contributed by atoms with Gasteiger partial charge in [-0.3, -0.25) is 0 Å². The van der Waals surface area contributed by atoms with Crippen molar-refractivity contribution in [2.45, 2.75) is 13.8 Å². The van der Waals surface area contributed by atoms with Crippen molar-refractivity contribution in [1.29, 1.82) is 0 Å². The number of aryl methyl sites for hydroxylation is 3. The van der Waals surface area contributed by atoms with Gasteiger partial charge in [0.05, 0.1) is 11.2 Å². The summed E-state index contributed by atoms with van der Waals surface area (Å²) in [6.45, 7) is 4.18. The molecule has 2 aromatic heterocycles. The van der Waals surface area contributed by atoms with Gasteiger partial charge in [0.2, 0.25) is 5.88 Å². The Labute approximate surface area is 340 Å². The van der Waals surface area contributed by atoms with Crippen LogP contribution in [0.1, 0.15) is 11.1 Å². The van der Waals surface area contributed by atoms with Gasteiger partial charge in [-0.25, -0.2) is 0 Å². The van der Waals surface area contributed by atoms with Crippen LogP contribution in [0.5, 0.6) is 0 Å². The molecule has 0 saturated heterocycles. The van der Waals surface area contributed by atoms with Gasteiger partial charge in [0, 0.05) is 34.9 Å². The molecule has 0 saturated carbocycles. The SMILES string of the molecule is Cc1cc(C)cc(N2B(c3ccc(-c4ccc(B5N(c6ccccc6)c6c(n(C)c7ccccc67)N5c5ccccc5)cc4)cc3)N(C)c3oc4ccccc4c32)c1. The first-order valence-corrected chi connectivity index (χ1v) is 20.0. The van der Waals surface area contributed by atoms with E-state index in [2.05, 4.69) is 222 Å². The summed E-state index contributed by atoms with van der Waals surface area (Å²) in [5.74, 6) is 2.07. The Kier molecular flexibility index (Phi) is 7.83. The number of anilines is 7. The number of furan rings is 1. The molecule has 0 fully saturated rings. The molecule has 0 unspecified atom stereocenters. The first-order valence-electron chi connectivity index (χ1n) is 20.0. The van der Waals surface area contributed by atoms with Crippen molar-refractivity contribution in [3.05, 3.63) is 187 Å². The fourth-order valence-electron chi connectivity index (χ4n) is 9.56. The van der Waals surface area contributed by atoms with Gasteiger partial charge in [-0.05, 0) is 109 Å². The zero-order valence-electron chi connectivity index (χ0n) is 33.0. The fraction of sp³-hybridized carbons (Fsp3) is 0.0800. The number of benzene rings is 7. The average molecular weight is 750 g/mol. The summed E-state index contributed by atoms with van der Waals surface area (Å²) in [5, 5.41) is 2.36. The van der Waals surface area contributed by atoms with Crippen molar-refractivity contribution >= 4 is 86.9 Å². The smallest absolute Gasteiger partial charge is 0.421 e. The molecular formula is C50H41B2N5O. The topological polar surface area (TPSA) is 31.0 Å². The first-order chi connectivity index (χ1) is 28.4. The molecule has 8 heteroatoms. The lowest BCUT2D eigenvalue weighted by atomic mass is 9.64. The highest BCUT2D eigenvalue weighted by molar-refractivity contribution is 6.85. The van der Waals surface area contributed by atoms with Crippen LogP contribution in [0.25, 0.3) is 33.0 Å². The number of hydrogen-bond donors (Lipinski definition) is 0. The summed E-state index contributed by atoms with van der Waals surface area (Å²) in [6.07, 6.45) is 0. The molecule has 4 heterocycles. The number of rotatable bonds is 6. The molecule has 0 radical (unpaired) electrons. The van der Waals surface area contributed by atoms with E-state index < -0.39 is 0 Å². The Balaban J connectivity index is 0.975. The summed E-state index contributed by atoms with van der Waals surface area (Å²) < 4.78 is 8.87. The maximum absolute atomic E-state index is 6.52. The zero-order valence-corrected chi connectivity index (χ0v) is 33.0. The molecule has 2 aliphatic rings. The molecule has 0 amide bonds. The highest BCUT2D eigenvalue weighted by atomic mass is 16.4. The summed E-state index contributed by atoms with van der Waals surface area (Å²) in [5.41, 5.74) is 15.2. The van der Waals surface area contributed by atoms with E-state index in [9.17, 15) is 0 Å². The van der Waals surface area contributed by atoms with Crippen molar-refractivity contribution in [1.82, 2.24) is 4.57 Å². The summed E-state index contributed by atoms with van der Waals surface area (Å²) in [7, 11) is 4.33. The summed E-state index contributed by atoms with van der Waals surface area (Å²) >= 11 is 0. The molecule has 0 bridgehead atoms. The predicted octanol–water partition coefficient (Wildman–Crippen LogP) is 10.9. The van der Waals surface area contributed by atoms with E-state index in [4.69, 9.17) is 4.42 Å². The third-order valence-corrected chi connectivity index (χ3v) is 12.0. The van der Waals surface area contributed by atoms with Crippen molar-refractivity contribution in [3.8, 4) is 11.1 Å². The lowest BCUT2D eigenvalue weighted by Crippen LogP contribution is -2.53. The van der Waals surface area contributed by atoms with Crippen LogP contribution >= 0.6 is 0 Å². The molecule has 278 valence electrons. The molecule has 2 aliphatic heterocycles. The first kappa shape index (κ1) is 34.2. The second-order valence-corrected chi connectivity index (χ2v) is 15.7. The Morgan fingerprint density at radius 1 is 0.448 bits per heavy atom. The van der Waals surface area contributed by atoms with Gasteiger partial charge < -0.3 is 28.2 Å². The van der Waals surface area contributed by atoms with Crippen LogP contribution in [0.2, 0.25) is 0 Å². The van der Waals surface area contributed by atoms with E-state index in [1.165, 1.54) is 55.6 Å². The standard InChI is InChI=1S/C50H41B2N5O/c1-34-31-35(2)33-42(32-34)56-48-44-20-12-14-22-46(44)58-50(48)54(4)51(56)38-27-23-36(24-28-38)37-25-29-39(30-26-37)52-55(40-15-7-5-8-16-40)47-43-19-11-13-21-45(43)53(3)49(47)57(52)41-17-9-6-10-18-41/h5-33H,1-4H3. The molecule has 0 spiro atoms. The molecular weight excluding hydrogens is 708 g/mol. The fourth-order valence-corrected chi connectivity index (χ4v) is 9.56. The third kappa shape index (κ3) is 5.21. The van der Waals surface area contributed by atoms with E-state index in [0.717, 1.165) is 39.6 Å². The van der Waals surface area contributed by atoms with E-state index in [1.807, 2.05) is 6.07 Å². The molecule has 9 aromatic rings. The van der Waals surface area contributed by atoms with Gasteiger partial charge in [-0.2, -0.15) is 0 Å². The molecule has 0 aliphatic carbocycles. The maximum atomic E-state index is 6.52. The van der Waals surface area contributed by atoms with E-state index in [-0.39, 0.29) is 14.0 Å². The number of aromatic nitrogens is 1. The average Bonchev–Trinajstić information content (AvgIpc) is 3.98. The molecule has 6 nitrogen and oxygen atoms in total. The number of fused-ring (bicyclic) bond motifs is 6.